The average Bonchev–Trinajstić information content (AvgIpc) is 2.64. The number of ether oxygens (including phenoxy) is 1. The van der Waals surface area contributed by atoms with Gasteiger partial charge in [0.25, 0.3) is 0 Å². The van der Waals surface area contributed by atoms with E-state index in [-0.39, 0.29) is 5.72 Å². The van der Waals surface area contributed by atoms with E-state index in [1.807, 2.05) is 0 Å². The summed E-state index contributed by atoms with van der Waals surface area (Å²) in [7, 11) is 0. The van der Waals surface area contributed by atoms with Gasteiger partial charge < -0.3 is 4.74 Å². The van der Waals surface area contributed by atoms with Crippen LogP contribution in [-0.2, 0) is 4.74 Å². The molecule has 0 bridgehead atoms. The van der Waals surface area contributed by atoms with Crippen LogP contribution < -0.4 is 0 Å². The Bertz CT molecular complexity index is 225. The lowest BCUT2D eigenvalue weighted by atomic mass is 10.2. The number of fused-ring (bicyclic) bond motifs is 1. The summed E-state index contributed by atoms with van der Waals surface area (Å²) in [6, 6.07) is 0. The van der Waals surface area contributed by atoms with E-state index in [4.69, 9.17) is 10.3 Å². The largest absolute Gasteiger partial charge is 0.358 e. The van der Waals surface area contributed by atoms with Crippen molar-refractivity contribution in [2.45, 2.75) is 18.6 Å². The second kappa shape index (κ2) is 2.94. The molecule has 0 saturated carbocycles. The molecule has 2 heterocycles. The maximum absolute atomic E-state index is 8.05. The molecule has 0 aliphatic carbocycles. The lowest BCUT2D eigenvalue weighted by Gasteiger charge is -2.08. The predicted molar refractivity (Wildman–Crippen MR) is 43.5 cm³/mol. The van der Waals surface area contributed by atoms with E-state index >= 15 is 0 Å². The number of hydrogen-bond donors (Lipinski definition) is 0. The minimum atomic E-state index is 0.0605. The molecule has 0 radical (unpaired) electrons. The highest BCUT2D eigenvalue weighted by Gasteiger charge is 2.55. The van der Waals surface area contributed by atoms with Crippen LogP contribution in [0.1, 0.15) is 12.8 Å². The topological polar surface area (TPSA) is 61.0 Å². The van der Waals surface area contributed by atoms with E-state index in [0.29, 0.717) is 6.54 Å². The predicted octanol–water partition coefficient (Wildman–Crippen LogP) is 1.12. The first-order valence-corrected chi connectivity index (χ1v) is 4.27. The molecule has 2 saturated heterocycles. The third-order valence-electron chi connectivity index (χ3n) is 2.53. The molecule has 5 heteroatoms. The molecule has 2 unspecified atom stereocenters. The van der Waals surface area contributed by atoms with Crippen molar-refractivity contribution in [2.24, 2.45) is 5.11 Å². The molecule has 2 aliphatic rings. The smallest absolute Gasteiger partial charge is 0.134 e. The van der Waals surface area contributed by atoms with Crippen LogP contribution in [0.5, 0.6) is 0 Å². The second-order valence-electron chi connectivity index (χ2n) is 3.27. The van der Waals surface area contributed by atoms with Crippen LogP contribution in [0.3, 0.4) is 0 Å². The summed E-state index contributed by atoms with van der Waals surface area (Å²) in [5.74, 6) is 0. The zero-order valence-electron chi connectivity index (χ0n) is 6.94. The Hall–Kier alpha value is -0.770. The molecular formula is C7H12N4O. The Balaban J connectivity index is 1.70. The molecule has 2 atom stereocenters. The summed E-state index contributed by atoms with van der Waals surface area (Å²) in [5.41, 5.74) is 8.11. The van der Waals surface area contributed by atoms with Gasteiger partial charge in [0.1, 0.15) is 5.72 Å². The zero-order valence-corrected chi connectivity index (χ0v) is 6.94. The van der Waals surface area contributed by atoms with Gasteiger partial charge in [0.2, 0.25) is 0 Å². The Morgan fingerprint density at radius 2 is 2.58 bits per heavy atom. The number of hydrogen-bond acceptors (Lipinski definition) is 3. The van der Waals surface area contributed by atoms with Crippen LogP contribution in [0.4, 0.5) is 0 Å². The Labute approximate surface area is 70.9 Å². The van der Waals surface area contributed by atoms with Crippen LogP contribution in [-0.4, -0.2) is 36.9 Å². The summed E-state index contributed by atoms with van der Waals surface area (Å²) in [6.07, 6.45) is 1.94. The van der Waals surface area contributed by atoms with Crippen molar-refractivity contribution in [3.05, 3.63) is 10.4 Å². The fourth-order valence-corrected chi connectivity index (χ4v) is 1.81. The number of rotatable bonds is 4. The van der Waals surface area contributed by atoms with E-state index in [2.05, 4.69) is 14.9 Å². The van der Waals surface area contributed by atoms with Gasteiger partial charge in [-0.25, -0.2) is 0 Å². The maximum Gasteiger partial charge on any atom is 0.134 e. The van der Waals surface area contributed by atoms with Gasteiger partial charge in [0.15, 0.2) is 0 Å². The third-order valence-corrected chi connectivity index (χ3v) is 2.53. The van der Waals surface area contributed by atoms with Crippen LogP contribution in [0.2, 0.25) is 0 Å². The first-order valence-electron chi connectivity index (χ1n) is 4.27. The van der Waals surface area contributed by atoms with Crippen molar-refractivity contribution in [3.63, 3.8) is 0 Å². The highest BCUT2D eigenvalue weighted by Crippen LogP contribution is 2.41. The molecule has 0 aromatic rings. The first kappa shape index (κ1) is 7.86. The van der Waals surface area contributed by atoms with E-state index < -0.39 is 0 Å². The van der Waals surface area contributed by atoms with Crippen molar-refractivity contribution in [2.75, 3.05) is 26.2 Å². The number of morpholine rings is 1. The molecular weight excluding hydrogens is 156 g/mol. The highest BCUT2D eigenvalue weighted by atomic mass is 16.5. The molecule has 12 heavy (non-hydrogen) atoms. The van der Waals surface area contributed by atoms with Gasteiger partial charge in [0, 0.05) is 24.5 Å². The fraction of sp³-hybridized carbons (Fsp3) is 1.00. The van der Waals surface area contributed by atoms with E-state index in [0.717, 1.165) is 32.5 Å². The summed E-state index contributed by atoms with van der Waals surface area (Å²) >= 11 is 0. The van der Waals surface area contributed by atoms with Crippen molar-refractivity contribution < 1.29 is 4.74 Å². The molecule has 2 fully saturated rings. The van der Waals surface area contributed by atoms with Crippen molar-refractivity contribution >= 4 is 0 Å². The fourth-order valence-electron chi connectivity index (χ4n) is 1.81. The SMILES string of the molecule is [N-]=[N+]=NCCCC12CN1CCO2. The molecule has 0 spiro atoms. The van der Waals surface area contributed by atoms with E-state index in [9.17, 15) is 0 Å². The summed E-state index contributed by atoms with van der Waals surface area (Å²) < 4.78 is 5.59. The van der Waals surface area contributed by atoms with Gasteiger partial charge in [-0.3, -0.25) is 4.90 Å². The molecule has 2 aliphatic heterocycles. The summed E-state index contributed by atoms with van der Waals surface area (Å²) in [5, 5.41) is 3.49. The third kappa shape index (κ3) is 1.27. The molecule has 5 nitrogen and oxygen atoms in total. The van der Waals surface area contributed by atoms with E-state index in [1.54, 1.807) is 0 Å². The molecule has 66 valence electrons. The Morgan fingerprint density at radius 1 is 1.67 bits per heavy atom. The van der Waals surface area contributed by atoms with Gasteiger partial charge in [-0.2, -0.15) is 0 Å². The maximum atomic E-state index is 8.05. The van der Waals surface area contributed by atoms with Gasteiger partial charge in [0.05, 0.1) is 6.61 Å². The monoisotopic (exact) mass is 168 g/mol. The van der Waals surface area contributed by atoms with Crippen molar-refractivity contribution in [3.8, 4) is 0 Å². The standard InChI is InChI=1S/C7H12N4O/c8-10-9-3-1-2-7-6-11(7)4-5-12-7/h1-6H2. The molecule has 0 N–H and O–H groups in total. The zero-order chi connectivity index (χ0) is 8.44. The molecule has 0 aromatic carbocycles. The molecule has 0 amide bonds. The van der Waals surface area contributed by atoms with Crippen LogP contribution >= 0.6 is 0 Å². The van der Waals surface area contributed by atoms with Crippen LogP contribution in [0.15, 0.2) is 5.11 Å². The lowest BCUT2D eigenvalue weighted by Crippen LogP contribution is -2.14. The van der Waals surface area contributed by atoms with Gasteiger partial charge >= 0.3 is 0 Å². The Kier molecular flexibility index (Phi) is 1.92. The van der Waals surface area contributed by atoms with Gasteiger partial charge in [-0.15, -0.1) is 0 Å². The Morgan fingerprint density at radius 3 is 3.17 bits per heavy atom. The van der Waals surface area contributed by atoms with Crippen LogP contribution in [0, 0.1) is 0 Å². The number of nitrogens with zero attached hydrogens (tertiary/aromatic N) is 4. The number of azide groups is 1. The van der Waals surface area contributed by atoms with Crippen LogP contribution in [0.25, 0.3) is 10.4 Å². The van der Waals surface area contributed by atoms with Crippen molar-refractivity contribution in [1.82, 2.24) is 4.90 Å². The summed E-state index contributed by atoms with van der Waals surface area (Å²) in [4.78, 5) is 5.03. The molecule has 2 rings (SSSR count). The summed E-state index contributed by atoms with van der Waals surface area (Å²) in [6.45, 7) is 3.60. The normalized spacial score (nSPS) is 37.2. The quantitative estimate of drug-likeness (QED) is 0.207. The van der Waals surface area contributed by atoms with E-state index in [1.165, 1.54) is 0 Å². The minimum absolute atomic E-state index is 0.0605. The van der Waals surface area contributed by atoms with Crippen molar-refractivity contribution in [1.29, 1.82) is 0 Å². The van der Waals surface area contributed by atoms with Gasteiger partial charge in [-0.1, -0.05) is 5.11 Å². The lowest BCUT2D eigenvalue weighted by molar-refractivity contribution is 0.0526. The minimum Gasteiger partial charge on any atom is -0.358 e. The molecule has 0 aromatic heterocycles. The highest BCUT2D eigenvalue weighted by molar-refractivity contribution is 5.02. The average molecular weight is 168 g/mol. The first-order chi connectivity index (χ1) is 5.87. The second-order valence-corrected chi connectivity index (χ2v) is 3.27. The van der Waals surface area contributed by atoms with Gasteiger partial charge in [-0.05, 0) is 18.4 Å².